The SMILES string of the molecule is CCCCNC(=O)C(Cc1ccccc1)N(Cc1ccccc1F)C(=O)CN(c1cc(Cl)ccc1OC)S(=O)(=O)c1ccc(C)cc1. The van der Waals surface area contributed by atoms with Crippen LogP contribution in [0, 0.1) is 12.7 Å². The Labute approximate surface area is 281 Å². The molecule has 0 bridgehead atoms. The Hall–Kier alpha value is -4.41. The Balaban J connectivity index is 1.85. The topological polar surface area (TPSA) is 96.0 Å². The first-order valence-corrected chi connectivity index (χ1v) is 17.1. The molecule has 0 aliphatic heterocycles. The molecule has 0 spiro atoms. The molecule has 0 fully saturated rings. The van der Waals surface area contributed by atoms with Gasteiger partial charge in [0.25, 0.3) is 10.0 Å². The van der Waals surface area contributed by atoms with Crippen LogP contribution in [-0.4, -0.2) is 51.4 Å². The zero-order chi connectivity index (χ0) is 34.0. The van der Waals surface area contributed by atoms with Crippen LogP contribution in [0.15, 0.2) is 102 Å². The van der Waals surface area contributed by atoms with Gasteiger partial charge < -0.3 is 15.0 Å². The number of aryl methyl sites for hydroxylation is 1. The fraction of sp³-hybridized carbons (Fsp3) is 0.278. The van der Waals surface area contributed by atoms with Crippen molar-refractivity contribution in [1.29, 1.82) is 0 Å². The van der Waals surface area contributed by atoms with Crippen molar-refractivity contribution < 1.29 is 27.1 Å². The van der Waals surface area contributed by atoms with E-state index in [1.807, 2.05) is 44.2 Å². The molecule has 0 aliphatic rings. The number of carbonyl (C=O) groups is 2. The minimum atomic E-state index is -4.38. The Morgan fingerprint density at radius 1 is 0.957 bits per heavy atom. The molecule has 248 valence electrons. The number of hydrogen-bond donors (Lipinski definition) is 1. The number of hydrogen-bond acceptors (Lipinski definition) is 5. The van der Waals surface area contributed by atoms with Crippen molar-refractivity contribution in [3.8, 4) is 5.75 Å². The average molecular weight is 680 g/mol. The van der Waals surface area contributed by atoms with Crippen LogP contribution in [0.1, 0.15) is 36.5 Å². The van der Waals surface area contributed by atoms with E-state index in [9.17, 15) is 18.0 Å². The lowest BCUT2D eigenvalue weighted by Crippen LogP contribution is -2.53. The number of anilines is 1. The number of benzene rings is 4. The van der Waals surface area contributed by atoms with Crippen LogP contribution in [0.3, 0.4) is 0 Å². The van der Waals surface area contributed by atoms with Gasteiger partial charge in [0.05, 0.1) is 17.7 Å². The maximum atomic E-state index is 15.1. The van der Waals surface area contributed by atoms with Gasteiger partial charge in [0.15, 0.2) is 0 Å². The summed E-state index contributed by atoms with van der Waals surface area (Å²) in [7, 11) is -3.00. The highest BCUT2D eigenvalue weighted by molar-refractivity contribution is 7.92. The number of halogens is 2. The molecular formula is C36H39ClFN3O5S. The molecule has 0 heterocycles. The molecule has 8 nitrogen and oxygen atoms in total. The van der Waals surface area contributed by atoms with E-state index in [1.54, 1.807) is 24.3 Å². The first-order valence-electron chi connectivity index (χ1n) is 15.3. The number of amides is 2. The highest BCUT2D eigenvalue weighted by atomic mass is 35.5. The fourth-order valence-corrected chi connectivity index (χ4v) is 6.66. The number of methoxy groups -OCH3 is 1. The molecule has 0 aromatic heterocycles. The van der Waals surface area contributed by atoms with Gasteiger partial charge in [-0.2, -0.15) is 0 Å². The number of carbonyl (C=O) groups excluding carboxylic acids is 2. The summed E-state index contributed by atoms with van der Waals surface area (Å²) in [5.41, 5.74) is 1.83. The number of sulfonamides is 1. The summed E-state index contributed by atoms with van der Waals surface area (Å²) >= 11 is 6.33. The number of nitrogens with zero attached hydrogens (tertiary/aromatic N) is 2. The second kappa shape index (κ2) is 16.4. The van der Waals surface area contributed by atoms with Crippen LogP contribution in [-0.2, 0) is 32.6 Å². The van der Waals surface area contributed by atoms with Crippen LogP contribution >= 0.6 is 11.6 Å². The van der Waals surface area contributed by atoms with Gasteiger partial charge in [-0.05, 0) is 55.3 Å². The van der Waals surface area contributed by atoms with Crippen molar-refractivity contribution in [3.05, 3.63) is 125 Å². The van der Waals surface area contributed by atoms with Crippen LogP contribution in [0.5, 0.6) is 5.75 Å². The summed E-state index contributed by atoms with van der Waals surface area (Å²) in [6.07, 6.45) is 1.68. The summed E-state index contributed by atoms with van der Waals surface area (Å²) in [5.74, 6) is -1.55. The van der Waals surface area contributed by atoms with Gasteiger partial charge >= 0.3 is 0 Å². The lowest BCUT2D eigenvalue weighted by Gasteiger charge is -2.34. The first kappa shape index (κ1) is 35.4. The smallest absolute Gasteiger partial charge is 0.264 e. The molecule has 0 saturated carbocycles. The lowest BCUT2D eigenvalue weighted by molar-refractivity contribution is -0.140. The number of rotatable bonds is 15. The van der Waals surface area contributed by atoms with Crippen molar-refractivity contribution in [2.45, 2.75) is 50.6 Å². The quantitative estimate of drug-likeness (QED) is 0.144. The Morgan fingerprint density at radius 2 is 1.64 bits per heavy atom. The number of unbranched alkanes of at least 4 members (excludes halogenated alkanes) is 1. The molecule has 47 heavy (non-hydrogen) atoms. The zero-order valence-electron chi connectivity index (χ0n) is 26.7. The summed E-state index contributed by atoms with van der Waals surface area (Å²) < 4.78 is 50.1. The predicted octanol–water partition coefficient (Wildman–Crippen LogP) is 6.55. The molecule has 2 amide bonds. The maximum Gasteiger partial charge on any atom is 0.264 e. The molecular weight excluding hydrogens is 641 g/mol. The van der Waals surface area contributed by atoms with Gasteiger partial charge in [0.1, 0.15) is 24.2 Å². The summed E-state index contributed by atoms with van der Waals surface area (Å²) in [6, 6.07) is 24.7. The third kappa shape index (κ3) is 9.11. The van der Waals surface area contributed by atoms with Gasteiger partial charge in [0.2, 0.25) is 11.8 Å². The van der Waals surface area contributed by atoms with E-state index in [0.29, 0.717) is 6.54 Å². The largest absolute Gasteiger partial charge is 0.495 e. The molecule has 11 heteroatoms. The van der Waals surface area contributed by atoms with E-state index >= 15 is 4.39 Å². The van der Waals surface area contributed by atoms with E-state index in [4.69, 9.17) is 16.3 Å². The van der Waals surface area contributed by atoms with Crippen molar-refractivity contribution in [1.82, 2.24) is 10.2 Å². The van der Waals surface area contributed by atoms with E-state index in [2.05, 4.69) is 5.32 Å². The first-order chi connectivity index (χ1) is 22.5. The fourth-order valence-electron chi connectivity index (χ4n) is 5.08. The Kier molecular flexibility index (Phi) is 12.4. The molecule has 1 N–H and O–H groups in total. The van der Waals surface area contributed by atoms with Crippen molar-refractivity contribution in [2.75, 3.05) is 24.5 Å². The van der Waals surface area contributed by atoms with Crippen LogP contribution < -0.4 is 14.4 Å². The summed E-state index contributed by atoms with van der Waals surface area (Å²) in [5, 5.41) is 3.14. The van der Waals surface area contributed by atoms with Gasteiger partial charge in [-0.3, -0.25) is 13.9 Å². The van der Waals surface area contributed by atoms with Gasteiger partial charge in [-0.25, -0.2) is 12.8 Å². The van der Waals surface area contributed by atoms with Crippen molar-refractivity contribution in [3.63, 3.8) is 0 Å². The Bertz CT molecular complexity index is 1770. The molecule has 1 atom stereocenters. The number of nitrogens with one attached hydrogen (secondary N) is 1. The molecule has 4 rings (SSSR count). The standard InChI is InChI=1S/C36H39ClFN3O5S/c1-4-5-21-39-36(43)33(22-27-11-7-6-8-12-27)40(24-28-13-9-10-14-31(28)38)35(42)25-41(32-23-29(37)17-20-34(32)46-3)47(44,45)30-18-15-26(2)16-19-30/h6-20,23,33H,4-5,21-22,24-25H2,1-3H3,(H,39,43). The molecule has 0 radical (unpaired) electrons. The second-order valence-corrected chi connectivity index (χ2v) is 13.4. The van der Waals surface area contributed by atoms with Crippen molar-refractivity contribution >= 4 is 39.1 Å². The second-order valence-electron chi connectivity index (χ2n) is 11.1. The molecule has 1 unspecified atom stereocenters. The van der Waals surface area contributed by atoms with E-state index < -0.39 is 40.2 Å². The van der Waals surface area contributed by atoms with Crippen molar-refractivity contribution in [2.24, 2.45) is 0 Å². The molecule has 4 aromatic rings. The Morgan fingerprint density at radius 3 is 2.30 bits per heavy atom. The van der Waals surface area contributed by atoms with E-state index in [0.717, 1.165) is 28.3 Å². The third-order valence-electron chi connectivity index (χ3n) is 7.70. The minimum absolute atomic E-state index is 0.0340. The maximum absolute atomic E-state index is 15.1. The summed E-state index contributed by atoms with van der Waals surface area (Å²) in [6.45, 7) is 3.20. The van der Waals surface area contributed by atoms with Crippen LogP contribution in [0.25, 0.3) is 0 Å². The van der Waals surface area contributed by atoms with Gasteiger partial charge in [0, 0.05) is 30.1 Å². The summed E-state index contributed by atoms with van der Waals surface area (Å²) in [4.78, 5) is 29.6. The molecule has 4 aromatic carbocycles. The highest BCUT2D eigenvalue weighted by Crippen LogP contribution is 2.35. The average Bonchev–Trinajstić information content (AvgIpc) is 3.06. The predicted molar refractivity (Wildman–Crippen MR) is 183 cm³/mol. The van der Waals surface area contributed by atoms with E-state index in [-0.39, 0.29) is 39.9 Å². The normalized spacial score (nSPS) is 11.9. The third-order valence-corrected chi connectivity index (χ3v) is 9.71. The molecule has 0 saturated heterocycles. The van der Waals surface area contributed by atoms with Gasteiger partial charge in [-0.1, -0.05) is 91.2 Å². The zero-order valence-corrected chi connectivity index (χ0v) is 28.2. The lowest BCUT2D eigenvalue weighted by atomic mass is 10.0. The monoisotopic (exact) mass is 679 g/mol. The molecule has 0 aliphatic carbocycles. The highest BCUT2D eigenvalue weighted by Gasteiger charge is 2.36. The van der Waals surface area contributed by atoms with Gasteiger partial charge in [-0.15, -0.1) is 0 Å². The van der Waals surface area contributed by atoms with Crippen LogP contribution in [0.4, 0.5) is 10.1 Å². The number of ether oxygens (including phenoxy) is 1. The van der Waals surface area contributed by atoms with E-state index in [1.165, 1.54) is 54.5 Å². The van der Waals surface area contributed by atoms with Crippen LogP contribution in [0.2, 0.25) is 5.02 Å². The minimum Gasteiger partial charge on any atom is -0.495 e.